The molecule has 1 aliphatic rings. The number of thioether (sulfide) groups is 1. The number of rotatable bonds is 14. The van der Waals surface area contributed by atoms with Gasteiger partial charge in [-0.15, -0.1) is 5.10 Å². The number of nitrogens with zero attached hydrogens (tertiary/aromatic N) is 3. The van der Waals surface area contributed by atoms with Gasteiger partial charge in [0.1, 0.15) is 17.3 Å². The van der Waals surface area contributed by atoms with E-state index in [0.29, 0.717) is 23.6 Å². The number of allylic oxidation sites excluding steroid dienone is 2. The van der Waals surface area contributed by atoms with E-state index in [1.807, 2.05) is 19.9 Å². The van der Waals surface area contributed by atoms with Crippen LogP contribution in [0.15, 0.2) is 95.8 Å². The summed E-state index contributed by atoms with van der Waals surface area (Å²) in [4.78, 5) is 36.8. The smallest absolute Gasteiger partial charge is 0.261 e. The summed E-state index contributed by atoms with van der Waals surface area (Å²) in [5.41, 5.74) is 1.89. The summed E-state index contributed by atoms with van der Waals surface area (Å²) in [5, 5.41) is 13.3. The Balaban J connectivity index is 1.19. The fraction of sp³-hybridized carbons (Fsp3) is 0.233. The van der Waals surface area contributed by atoms with Gasteiger partial charge in [-0.05, 0) is 62.4 Å². The minimum absolute atomic E-state index is 0.0857. The Morgan fingerprint density at radius 2 is 1.84 bits per heavy atom. The van der Waals surface area contributed by atoms with Gasteiger partial charge >= 0.3 is 0 Å². The van der Waals surface area contributed by atoms with E-state index in [1.165, 1.54) is 35.0 Å². The van der Waals surface area contributed by atoms with Crippen molar-refractivity contribution < 1.29 is 31.9 Å². The van der Waals surface area contributed by atoms with E-state index in [9.17, 15) is 27.2 Å². The number of hydrogen-bond acceptors (Lipinski definition) is 9. The summed E-state index contributed by atoms with van der Waals surface area (Å²) in [5.74, 6) is -0.923. The van der Waals surface area contributed by atoms with Gasteiger partial charge in [-0.25, -0.2) is 12.8 Å². The summed E-state index contributed by atoms with van der Waals surface area (Å²) in [6.45, 7) is 7.82. The van der Waals surface area contributed by atoms with Crippen molar-refractivity contribution in [3.63, 3.8) is 0 Å². The molecule has 3 aromatic rings. The fourth-order valence-electron chi connectivity index (χ4n) is 4.14. The molecule has 4 rings (SSSR count). The number of amides is 2. The minimum atomic E-state index is -3.92. The largest absolute Gasteiger partial charge is 0.486 e. The summed E-state index contributed by atoms with van der Waals surface area (Å²) in [6.07, 6.45) is 6.56. The molecule has 12 nitrogen and oxygen atoms in total. The number of nitrogens with one attached hydrogen (secondary N) is 3. The third kappa shape index (κ3) is 9.12. The summed E-state index contributed by atoms with van der Waals surface area (Å²) >= 11 is 1.11. The quantitative estimate of drug-likeness (QED) is 0.222. The third-order valence-electron chi connectivity index (χ3n) is 6.44. The predicted molar refractivity (Wildman–Crippen MR) is 167 cm³/mol. The van der Waals surface area contributed by atoms with Gasteiger partial charge in [0.15, 0.2) is 6.61 Å². The van der Waals surface area contributed by atoms with Crippen LogP contribution in [0.25, 0.3) is 0 Å². The highest BCUT2D eigenvalue weighted by atomic mass is 32.2. The molecule has 1 unspecified atom stereocenters. The van der Waals surface area contributed by atoms with Crippen molar-refractivity contribution in [2.45, 2.75) is 36.6 Å². The van der Waals surface area contributed by atoms with Crippen LogP contribution in [0.3, 0.4) is 0 Å². The zero-order chi connectivity index (χ0) is 32.6. The highest BCUT2D eigenvalue weighted by Crippen LogP contribution is 2.42. The van der Waals surface area contributed by atoms with Gasteiger partial charge in [0, 0.05) is 23.9 Å². The van der Waals surface area contributed by atoms with Crippen LogP contribution in [0.1, 0.15) is 29.9 Å². The highest BCUT2D eigenvalue weighted by Gasteiger charge is 2.38. The van der Waals surface area contributed by atoms with Crippen molar-refractivity contribution in [2.75, 3.05) is 17.9 Å². The van der Waals surface area contributed by atoms with E-state index in [1.54, 1.807) is 12.3 Å². The summed E-state index contributed by atoms with van der Waals surface area (Å²) in [6, 6.07) is 10.2. The molecule has 45 heavy (non-hydrogen) atoms. The van der Waals surface area contributed by atoms with Crippen molar-refractivity contribution >= 4 is 44.4 Å². The molecule has 0 aliphatic carbocycles. The molecule has 0 fully saturated rings. The van der Waals surface area contributed by atoms with Gasteiger partial charge in [-0.1, -0.05) is 41.3 Å². The SMILES string of the molecule is C=CC(C)=CC1(C)SC(=O)C=C1OCC(=O)NCCn1cc(CNC(=O)c2ccc(NS(=O)(=O)c3ccc(F)cc3)cc2)nn1. The van der Waals surface area contributed by atoms with E-state index in [0.717, 1.165) is 41.6 Å². The number of aromatic nitrogens is 3. The van der Waals surface area contributed by atoms with E-state index >= 15 is 0 Å². The number of hydrogen-bond donors (Lipinski definition) is 3. The number of anilines is 1. The van der Waals surface area contributed by atoms with Gasteiger partial charge in [0.2, 0.25) is 5.12 Å². The molecule has 0 spiro atoms. The molecule has 236 valence electrons. The van der Waals surface area contributed by atoms with Crippen LogP contribution in [0, 0.1) is 5.82 Å². The van der Waals surface area contributed by atoms with Gasteiger partial charge in [0.25, 0.3) is 21.8 Å². The van der Waals surface area contributed by atoms with Gasteiger partial charge in [-0.2, -0.15) is 0 Å². The molecule has 2 heterocycles. The van der Waals surface area contributed by atoms with Crippen LogP contribution in [0.2, 0.25) is 0 Å². The first-order valence-corrected chi connectivity index (χ1v) is 15.9. The molecule has 3 N–H and O–H groups in total. The Morgan fingerprint density at radius 3 is 2.53 bits per heavy atom. The lowest BCUT2D eigenvalue weighted by Crippen LogP contribution is -2.32. The van der Waals surface area contributed by atoms with Gasteiger partial charge < -0.3 is 15.4 Å². The van der Waals surface area contributed by atoms with Crippen LogP contribution >= 0.6 is 11.8 Å². The Morgan fingerprint density at radius 1 is 1.13 bits per heavy atom. The lowest BCUT2D eigenvalue weighted by Gasteiger charge is -2.23. The second kappa shape index (κ2) is 14.3. The van der Waals surface area contributed by atoms with E-state index in [2.05, 4.69) is 32.2 Å². The first-order chi connectivity index (χ1) is 21.4. The van der Waals surface area contributed by atoms with E-state index in [4.69, 9.17) is 4.74 Å². The van der Waals surface area contributed by atoms with Crippen molar-refractivity contribution in [2.24, 2.45) is 0 Å². The second-order valence-electron chi connectivity index (χ2n) is 10.1. The number of benzene rings is 2. The Kier molecular flexibility index (Phi) is 10.6. The molecule has 1 aromatic heterocycles. The van der Waals surface area contributed by atoms with Crippen molar-refractivity contribution in [1.29, 1.82) is 0 Å². The van der Waals surface area contributed by atoms with E-state index < -0.39 is 26.5 Å². The molecule has 0 saturated heterocycles. The maximum atomic E-state index is 13.1. The Bertz CT molecular complexity index is 1750. The zero-order valence-corrected chi connectivity index (χ0v) is 26.1. The predicted octanol–water partition coefficient (Wildman–Crippen LogP) is 3.33. The van der Waals surface area contributed by atoms with Crippen LogP contribution < -0.4 is 15.4 Å². The van der Waals surface area contributed by atoms with Gasteiger partial charge in [0.05, 0.1) is 28.9 Å². The Labute approximate surface area is 263 Å². The Hall–Kier alpha value is -4.76. The normalized spacial score (nSPS) is 16.6. The molecule has 0 bridgehead atoms. The lowest BCUT2D eigenvalue weighted by atomic mass is 10.0. The average Bonchev–Trinajstić information content (AvgIpc) is 3.57. The van der Waals surface area contributed by atoms with Crippen LogP contribution in [0.4, 0.5) is 10.1 Å². The first kappa shape index (κ1) is 33.1. The number of halogens is 1. The maximum absolute atomic E-state index is 13.1. The first-order valence-electron chi connectivity index (χ1n) is 13.6. The number of sulfonamides is 1. The lowest BCUT2D eigenvalue weighted by molar-refractivity contribution is -0.124. The van der Waals surface area contributed by atoms with Crippen molar-refractivity contribution in [1.82, 2.24) is 25.6 Å². The summed E-state index contributed by atoms with van der Waals surface area (Å²) < 4.78 is 46.9. The molecule has 15 heteroatoms. The molecule has 2 amide bonds. The molecular formula is C30H31FN6O6S2. The maximum Gasteiger partial charge on any atom is 0.261 e. The average molecular weight is 655 g/mol. The molecular weight excluding hydrogens is 623 g/mol. The molecule has 1 atom stereocenters. The summed E-state index contributed by atoms with van der Waals surface area (Å²) in [7, 11) is -3.92. The van der Waals surface area contributed by atoms with Crippen LogP contribution in [0.5, 0.6) is 0 Å². The standard InChI is InChI=1S/C30H31FN6O6S2/c1-4-20(2)16-30(3)26(15-28(39)44-30)43-19-27(38)32-13-14-37-18-24(34-36-37)17-33-29(40)21-5-9-23(10-6-21)35-45(41,42)25-11-7-22(31)8-12-25/h4-12,15-16,18,35H,1,13-14,17,19H2,2-3H3,(H,32,38)(H,33,40). The van der Waals surface area contributed by atoms with Crippen LogP contribution in [-0.4, -0.2) is 58.2 Å². The number of carbonyl (C=O) groups is 3. The van der Waals surface area contributed by atoms with E-state index in [-0.39, 0.29) is 41.3 Å². The second-order valence-corrected chi connectivity index (χ2v) is 13.2. The molecule has 2 aromatic carbocycles. The zero-order valence-electron chi connectivity index (χ0n) is 24.4. The topological polar surface area (TPSA) is 161 Å². The highest BCUT2D eigenvalue weighted by molar-refractivity contribution is 8.15. The molecule has 0 radical (unpaired) electrons. The van der Waals surface area contributed by atoms with Crippen molar-refractivity contribution in [3.05, 3.63) is 108 Å². The fourth-order valence-corrected chi connectivity index (χ4v) is 6.25. The number of carbonyl (C=O) groups excluding carboxylic acids is 3. The van der Waals surface area contributed by atoms with Crippen molar-refractivity contribution in [3.8, 4) is 0 Å². The molecule has 1 aliphatic heterocycles. The minimum Gasteiger partial charge on any atom is -0.486 e. The molecule has 0 saturated carbocycles. The third-order valence-corrected chi connectivity index (χ3v) is 8.90. The number of ether oxygens (including phenoxy) is 1. The van der Waals surface area contributed by atoms with Crippen LogP contribution in [-0.2, 0) is 37.4 Å². The monoisotopic (exact) mass is 654 g/mol. The van der Waals surface area contributed by atoms with Gasteiger partial charge in [-0.3, -0.25) is 23.8 Å².